The molecule has 0 spiro atoms. The molecule has 0 aliphatic heterocycles. The maximum atomic E-state index is 13.5. The van der Waals surface area contributed by atoms with E-state index in [0.29, 0.717) is 17.7 Å². The van der Waals surface area contributed by atoms with E-state index in [9.17, 15) is 9.18 Å². The monoisotopic (exact) mass is 306 g/mol. The number of rotatable bonds is 5. The van der Waals surface area contributed by atoms with E-state index in [1.165, 1.54) is 17.8 Å². The molecule has 0 fully saturated rings. The molecule has 0 aromatic heterocycles. The van der Waals surface area contributed by atoms with Gasteiger partial charge in [-0.1, -0.05) is 0 Å². The summed E-state index contributed by atoms with van der Waals surface area (Å²) in [6.07, 6.45) is 3.03. The summed E-state index contributed by atoms with van der Waals surface area (Å²) in [5.74, 6) is -1.08. The van der Waals surface area contributed by atoms with Gasteiger partial charge in [-0.2, -0.15) is 0 Å². The van der Waals surface area contributed by atoms with Crippen molar-refractivity contribution >= 4 is 33.7 Å². The van der Waals surface area contributed by atoms with Gasteiger partial charge in [0.15, 0.2) is 0 Å². The van der Waals surface area contributed by atoms with Crippen molar-refractivity contribution in [3.63, 3.8) is 0 Å². The molecule has 0 radical (unpaired) electrons. The minimum atomic E-state index is -0.819. The molecule has 1 aromatic carbocycles. The van der Waals surface area contributed by atoms with E-state index in [1.54, 1.807) is 0 Å². The summed E-state index contributed by atoms with van der Waals surface area (Å²) >= 11 is 4.65. The van der Waals surface area contributed by atoms with Crippen LogP contribution in [0.4, 0.5) is 4.39 Å². The van der Waals surface area contributed by atoms with Gasteiger partial charge < -0.3 is 5.11 Å². The van der Waals surface area contributed by atoms with Crippen molar-refractivity contribution < 1.29 is 14.3 Å². The van der Waals surface area contributed by atoms with E-state index in [1.807, 2.05) is 12.3 Å². The number of carboxylic acids is 1. The van der Waals surface area contributed by atoms with Crippen LogP contribution in [-0.4, -0.2) is 17.3 Å². The average Bonchev–Trinajstić information content (AvgIpc) is 2.16. The zero-order valence-corrected chi connectivity index (χ0v) is 11.2. The van der Waals surface area contributed by atoms with Crippen molar-refractivity contribution in [1.82, 2.24) is 0 Å². The van der Waals surface area contributed by atoms with Gasteiger partial charge in [0.2, 0.25) is 0 Å². The van der Waals surface area contributed by atoms with Gasteiger partial charge in [-0.3, -0.25) is 4.79 Å². The first-order chi connectivity index (χ1) is 7.54. The summed E-state index contributed by atoms with van der Waals surface area (Å²) in [6.45, 7) is 0. The molecule has 0 saturated heterocycles. The fourth-order valence-electron chi connectivity index (χ4n) is 1.40. The predicted octanol–water partition coefficient (Wildman–Crippen LogP) is 3.72. The fourth-order valence-corrected chi connectivity index (χ4v) is 2.87. The summed E-state index contributed by atoms with van der Waals surface area (Å²) in [4.78, 5) is 10.9. The lowest BCUT2D eigenvalue weighted by Crippen LogP contribution is -1.97. The van der Waals surface area contributed by atoms with Crippen LogP contribution in [0.1, 0.15) is 18.4 Å². The Hall–Kier alpha value is -0.550. The van der Waals surface area contributed by atoms with Crippen LogP contribution in [-0.2, 0) is 11.2 Å². The molecular formula is C11H12BrFO2S. The van der Waals surface area contributed by atoms with Crippen molar-refractivity contribution in [1.29, 1.82) is 0 Å². The van der Waals surface area contributed by atoms with Crippen LogP contribution >= 0.6 is 27.7 Å². The minimum Gasteiger partial charge on any atom is -0.481 e. The summed E-state index contributed by atoms with van der Waals surface area (Å²) < 4.78 is 14.3. The third-order valence-electron chi connectivity index (χ3n) is 2.12. The van der Waals surface area contributed by atoms with Crippen LogP contribution in [0.5, 0.6) is 0 Å². The molecule has 1 N–H and O–H groups in total. The van der Waals surface area contributed by atoms with Crippen LogP contribution in [0.3, 0.4) is 0 Å². The Morgan fingerprint density at radius 1 is 1.56 bits per heavy atom. The number of aliphatic carboxylic acids is 1. The number of hydrogen-bond acceptors (Lipinski definition) is 2. The average molecular weight is 307 g/mol. The number of halogens is 2. The lowest BCUT2D eigenvalue weighted by atomic mass is 10.1. The first kappa shape index (κ1) is 13.5. The van der Waals surface area contributed by atoms with Gasteiger partial charge in [0.25, 0.3) is 0 Å². The third-order valence-corrected chi connectivity index (χ3v) is 3.83. The molecule has 16 heavy (non-hydrogen) atoms. The number of hydrogen-bond donors (Lipinski definition) is 1. The number of aryl methyl sites for hydroxylation is 1. The second kappa shape index (κ2) is 6.25. The Morgan fingerprint density at radius 3 is 2.75 bits per heavy atom. The number of carboxylic acid groups (broad SMARTS) is 1. The predicted molar refractivity (Wildman–Crippen MR) is 66.5 cm³/mol. The Balaban J connectivity index is 2.72. The first-order valence-corrected chi connectivity index (χ1v) is 6.80. The number of thioether (sulfide) groups is 1. The number of carbonyl (C=O) groups is 1. The van der Waals surface area contributed by atoms with E-state index in [4.69, 9.17) is 5.11 Å². The molecule has 0 heterocycles. The Bertz CT molecular complexity index is 373. The van der Waals surface area contributed by atoms with Crippen LogP contribution in [0.2, 0.25) is 0 Å². The van der Waals surface area contributed by atoms with E-state index in [0.717, 1.165) is 10.0 Å². The molecule has 2 nitrogen and oxygen atoms in total. The summed E-state index contributed by atoms with van der Waals surface area (Å²) in [5, 5.41) is 8.50. The molecule has 1 aromatic rings. The normalized spacial score (nSPS) is 10.4. The van der Waals surface area contributed by atoms with E-state index >= 15 is 0 Å². The summed E-state index contributed by atoms with van der Waals surface area (Å²) in [5.41, 5.74) is 0.823. The van der Waals surface area contributed by atoms with Gasteiger partial charge in [-0.15, -0.1) is 11.8 Å². The van der Waals surface area contributed by atoms with Crippen LogP contribution in [0.15, 0.2) is 21.5 Å². The van der Waals surface area contributed by atoms with Gasteiger partial charge in [0.05, 0.1) is 4.90 Å². The molecule has 5 heteroatoms. The van der Waals surface area contributed by atoms with Gasteiger partial charge >= 0.3 is 5.97 Å². The zero-order chi connectivity index (χ0) is 12.1. The van der Waals surface area contributed by atoms with Crippen molar-refractivity contribution in [2.75, 3.05) is 6.26 Å². The molecule has 0 aliphatic rings. The lowest BCUT2D eigenvalue weighted by molar-refractivity contribution is -0.137. The van der Waals surface area contributed by atoms with Crippen LogP contribution in [0, 0.1) is 5.82 Å². The third kappa shape index (κ3) is 3.79. The quantitative estimate of drug-likeness (QED) is 0.843. The summed E-state index contributed by atoms with van der Waals surface area (Å²) in [7, 11) is 0. The second-order valence-electron chi connectivity index (χ2n) is 3.34. The molecule has 1 rings (SSSR count). The van der Waals surface area contributed by atoms with E-state index in [-0.39, 0.29) is 12.2 Å². The van der Waals surface area contributed by atoms with Crippen molar-refractivity contribution in [3.8, 4) is 0 Å². The van der Waals surface area contributed by atoms with Crippen molar-refractivity contribution in [2.45, 2.75) is 24.2 Å². The van der Waals surface area contributed by atoms with Crippen molar-refractivity contribution in [3.05, 3.63) is 28.0 Å². The molecular weight excluding hydrogens is 295 g/mol. The zero-order valence-electron chi connectivity index (χ0n) is 8.80. The second-order valence-corrected chi connectivity index (χ2v) is 5.01. The maximum Gasteiger partial charge on any atom is 0.303 e. The number of benzene rings is 1. The van der Waals surface area contributed by atoms with Gasteiger partial charge in [0.1, 0.15) is 5.82 Å². The molecule has 0 amide bonds. The van der Waals surface area contributed by atoms with Crippen LogP contribution in [0.25, 0.3) is 0 Å². The Morgan fingerprint density at radius 2 is 2.25 bits per heavy atom. The highest BCUT2D eigenvalue weighted by Gasteiger charge is 2.08. The van der Waals surface area contributed by atoms with Crippen LogP contribution < -0.4 is 0 Å². The van der Waals surface area contributed by atoms with Gasteiger partial charge in [-0.25, -0.2) is 4.39 Å². The molecule has 0 bridgehead atoms. The lowest BCUT2D eigenvalue weighted by Gasteiger charge is -2.06. The highest BCUT2D eigenvalue weighted by atomic mass is 79.9. The minimum absolute atomic E-state index is 0.115. The topological polar surface area (TPSA) is 37.3 Å². The fraction of sp³-hybridized carbons (Fsp3) is 0.364. The Labute approximate surface area is 106 Å². The highest BCUT2D eigenvalue weighted by Crippen LogP contribution is 2.30. The molecule has 0 atom stereocenters. The van der Waals surface area contributed by atoms with E-state index < -0.39 is 5.97 Å². The Kier molecular flexibility index (Phi) is 5.28. The van der Waals surface area contributed by atoms with E-state index in [2.05, 4.69) is 15.9 Å². The highest BCUT2D eigenvalue weighted by molar-refractivity contribution is 9.10. The largest absolute Gasteiger partial charge is 0.481 e. The molecule has 0 aliphatic carbocycles. The summed E-state index contributed by atoms with van der Waals surface area (Å²) in [6, 6.07) is 3.31. The molecule has 0 saturated carbocycles. The van der Waals surface area contributed by atoms with Crippen molar-refractivity contribution in [2.24, 2.45) is 0 Å². The van der Waals surface area contributed by atoms with Gasteiger partial charge in [-0.05, 0) is 52.7 Å². The molecule has 0 unspecified atom stereocenters. The SMILES string of the molecule is CSc1c(F)cc(CCCC(=O)O)cc1Br. The smallest absolute Gasteiger partial charge is 0.303 e. The maximum absolute atomic E-state index is 13.5. The molecule has 88 valence electrons. The standard InChI is InChI=1S/C11H12BrFO2S/c1-16-11-8(12)5-7(6-9(11)13)3-2-4-10(14)15/h5-6H,2-4H2,1H3,(H,14,15). The first-order valence-electron chi connectivity index (χ1n) is 4.78. The van der Waals surface area contributed by atoms with Gasteiger partial charge in [0, 0.05) is 10.9 Å².